The monoisotopic (exact) mass is 533 g/mol. The molecule has 0 radical (unpaired) electrons. The number of carbonyl (C=O) groups excluding carboxylic acids is 1. The number of benzene rings is 2. The molecular weight excluding hydrogens is 527 g/mol. The normalized spacial score (nSPS) is 10.4. The Labute approximate surface area is 152 Å². The van der Waals surface area contributed by atoms with Gasteiger partial charge in [0.2, 0.25) is 0 Å². The minimum Gasteiger partial charge on any atom is -0.506 e. The minimum absolute atomic E-state index is 0.0476. The van der Waals surface area contributed by atoms with Crippen LogP contribution in [0, 0.1) is 7.14 Å². The van der Waals surface area contributed by atoms with Crippen LogP contribution in [-0.2, 0) is 0 Å². The SMILES string of the molecule is O=C(Nc1ccc(Cl)cc1Cl)c1cc(I)cc(I)c1O. The van der Waals surface area contributed by atoms with E-state index in [4.69, 9.17) is 23.2 Å². The molecule has 0 saturated carbocycles. The van der Waals surface area contributed by atoms with E-state index in [1.165, 1.54) is 6.07 Å². The molecule has 2 aromatic carbocycles. The zero-order valence-corrected chi connectivity index (χ0v) is 15.6. The minimum atomic E-state index is -0.428. The first-order valence-electron chi connectivity index (χ1n) is 5.33. The summed E-state index contributed by atoms with van der Waals surface area (Å²) in [6.07, 6.45) is 0. The van der Waals surface area contributed by atoms with Gasteiger partial charge >= 0.3 is 0 Å². The van der Waals surface area contributed by atoms with Gasteiger partial charge in [-0.05, 0) is 75.5 Å². The van der Waals surface area contributed by atoms with E-state index in [0.717, 1.165) is 3.57 Å². The van der Waals surface area contributed by atoms with Crippen molar-refractivity contribution in [1.82, 2.24) is 0 Å². The fraction of sp³-hybridized carbons (Fsp3) is 0. The maximum absolute atomic E-state index is 12.2. The molecule has 0 unspecified atom stereocenters. The van der Waals surface area contributed by atoms with E-state index < -0.39 is 5.91 Å². The van der Waals surface area contributed by atoms with Gasteiger partial charge in [-0.2, -0.15) is 0 Å². The van der Waals surface area contributed by atoms with Crippen LogP contribution in [0.25, 0.3) is 0 Å². The zero-order valence-electron chi connectivity index (χ0n) is 9.75. The Balaban J connectivity index is 2.33. The standard InChI is InChI=1S/C13H7Cl2I2NO2/c14-6-1-2-11(9(15)3-6)18-13(20)8-4-7(16)5-10(17)12(8)19/h1-5,19H,(H,18,20). The Kier molecular flexibility index (Phi) is 5.38. The average Bonchev–Trinajstić information content (AvgIpc) is 2.37. The van der Waals surface area contributed by atoms with E-state index in [1.807, 2.05) is 22.6 Å². The van der Waals surface area contributed by atoms with Gasteiger partial charge in [0, 0.05) is 8.59 Å². The molecule has 104 valence electrons. The predicted molar refractivity (Wildman–Crippen MR) is 98.0 cm³/mol. The molecule has 0 heterocycles. The smallest absolute Gasteiger partial charge is 0.259 e. The third-order valence-corrected chi connectivity index (χ3v) is 4.45. The molecule has 7 heteroatoms. The fourth-order valence-corrected chi connectivity index (χ4v) is 3.82. The van der Waals surface area contributed by atoms with Crippen molar-refractivity contribution in [3.05, 3.63) is 53.1 Å². The third kappa shape index (κ3) is 3.69. The Morgan fingerprint density at radius 2 is 1.85 bits per heavy atom. The first-order valence-corrected chi connectivity index (χ1v) is 8.24. The van der Waals surface area contributed by atoms with Crippen LogP contribution in [0.5, 0.6) is 5.75 Å². The Morgan fingerprint density at radius 1 is 1.15 bits per heavy atom. The van der Waals surface area contributed by atoms with E-state index in [-0.39, 0.29) is 11.3 Å². The predicted octanol–water partition coefficient (Wildman–Crippen LogP) is 5.16. The van der Waals surface area contributed by atoms with Crippen LogP contribution in [0.4, 0.5) is 5.69 Å². The molecule has 0 spiro atoms. The number of carbonyl (C=O) groups is 1. The summed E-state index contributed by atoms with van der Waals surface area (Å²) in [5, 5.41) is 13.4. The van der Waals surface area contributed by atoms with Crippen LogP contribution in [0.1, 0.15) is 10.4 Å². The highest BCUT2D eigenvalue weighted by molar-refractivity contribution is 14.1. The molecular formula is C13H7Cl2I2NO2. The molecule has 0 atom stereocenters. The van der Waals surface area contributed by atoms with E-state index in [1.54, 1.807) is 24.3 Å². The highest BCUT2D eigenvalue weighted by Crippen LogP contribution is 2.30. The van der Waals surface area contributed by atoms with Gasteiger partial charge in [-0.15, -0.1) is 0 Å². The Bertz CT molecular complexity index is 692. The quantitative estimate of drug-likeness (QED) is 0.524. The number of anilines is 1. The maximum Gasteiger partial charge on any atom is 0.259 e. The van der Waals surface area contributed by atoms with Crippen LogP contribution in [0.2, 0.25) is 10.0 Å². The third-order valence-electron chi connectivity index (χ3n) is 2.45. The largest absolute Gasteiger partial charge is 0.506 e. The lowest BCUT2D eigenvalue weighted by Gasteiger charge is -2.10. The molecule has 2 aromatic rings. The van der Waals surface area contributed by atoms with Gasteiger partial charge < -0.3 is 10.4 Å². The van der Waals surface area contributed by atoms with Crippen LogP contribution < -0.4 is 5.32 Å². The van der Waals surface area contributed by atoms with Gasteiger partial charge in [0.25, 0.3) is 5.91 Å². The number of amides is 1. The van der Waals surface area contributed by atoms with E-state index in [0.29, 0.717) is 19.3 Å². The number of nitrogens with one attached hydrogen (secondary N) is 1. The summed E-state index contributed by atoms with van der Waals surface area (Å²) < 4.78 is 1.47. The molecule has 0 aliphatic rings. The molecule has 0 aromatic heterocycles. The summed E-state index contributed by atoms with van der Waals surface area (Å²) in [6.45, 7) is 0. The van der Waals surface area contributed by atoms with Crippen LogP contribution in [-0.4, -0.2) is 11.0 Å². The summed E-state index contributed by atoms with van der Waals surface area (Å²) in [5.41, 5.74) is 0.640. The molecule has 2 N–H and O–H groups in total. The van der Waals surface area contributed by atoms with Crippen molar-refractivity contribution < 1.29 is 9.90 Å². The molecule has 0 saturated heterocycles. The van der Waals surface area contributed by atoms with E-state index in [9.17, 15) is 9.90 Å². The van der Waals surface area contributed by atoms with E-state index in [2.05, 4.69) is 27.9 Å². The second kappa shape index (κ2) is 6.67. The lowest BCUT2D eigenvalue weighted by Crippen LogP contribution is -2.13. The first-order chi connectivity index (χ1) is 9.38. The number of phenols is 1. The van der Waals surface area contributed by atoms with E-state index >= 15 is 0 Å². The van der Waals surface area contributed by atoms with Crippen LogP contribution in [0.15, 0.2) is 30.3 Å². The van der Waals surface area contributed by atoms with Crippen molar-refractivity contribution in [2.75, 3.05) is 5.32 Å². The molecule has 0 aliphatic carbocycles. The second-order valence-corrected chi connectivity index (χ2v) is 7.11. The van der Waals surface area contributed by atoms with Gasteiger partial charge in [0.1, 0.15) is 5.75 Å². The Hall–Kier alpha value is -0.250. The van der Waals surface area contributed by atoms with Crippen molar-refractivity contribution in [2.24, 2.45) is 0 Å². The molecule has 3 nitrogen and oxygen atoms in total. The summed E-state index contributed by atoms with van der Waals surface area (Å²) >= 11 is 15.9. The number of aromatic hydroxyl groups is 1. The highest BCUT2D eigenvalue weighted by atomic mass is 127. The Morgan fingerprint density at radius 3 is 2.50 bits per heavy atom. The molecule has 20 heavy (non-hydrogen) atoms. The van der Waals surface area contributed by atoms with Crippen molar-refractivity contribution in [3.63, 3.8) is 0 Å². The summed E-state index contributed by atoms with van der Waals surface area (Å²) in [5.74, 6) is -0.475. The summed E-state index contributed by atoms with van der Waals surface area (Å²) in [6, 6.07) is 8.16. The van der Waals surface area contributed by atoms with Crippen LogP contribution in [0.3, 0.4) is 0 Å². The summed E-state index contributed by atoms with van der Waals surface area (Å²) in [4.78, 5) is 12.2. The molecule has 0 aliphatic heterocycles. The van der Waals surface area contributed by atoms with Gasteiger partial charge in [0.15, 0.2) is 0 Å². The van der Waals surface area contributed by atoms with Gasteiger partial charge in [-0.3, -0.25) is 4.79 Å². The maximum atomic E-state index is 12.2. The first kappa shape index (κ1) is 16.1. The lowest BCUT2D eigenvalue weighted by molar-refractivity contribution is 0.102. The molecule has 0 bridgehead atoms. The van der Waals surface area contributed by atoms with Crippen molar-refractivity contribution in [2.45, 2.75) is 0 Å². The molecule has 1 amide bonds. The van der Waals surface area contributed by atoms with Gasteiger partial charge in [0.05, 0.1) is 19.8 Å². The number of hydrogen-bond acceptors (Lipinski definition) is 2. The van der Waals surface area contributed by atoms with Crippen molar-refractivity contribution in [1.29, 1.82) is 0 Å². The number of hydrogen-bond donors (Lipinski definition) is 2. The highest BCUT2D eigenvalue weighted by Gasteiger charge is 2.16. The topological polar surface area (TPSA) is 49.3 Å². The number of halogens is 4. The number of rotatable bonds is 2. The lowest BCUT2D eigenvalue weighted by atomic mass is 10.2. The van der Waals surface area contributed by atoms with Crippen molar-refractivity contribution in [3.8, 4) is 5.75 Å². The summed E-state index contributed by atoms with van der Waals surface area (Å²) in [7, 11) is 0. The van der Waals surface area contributed by atoms with Crippen LogP contribution >= 0.6 is 68.4 Å². The number of phenolic OH excluding ortho intramolecular Hbond substituents is 1. The second-order valence-electron chi connectivity index (χ2n) is 3.86. The zero-order chi connectivity index (χ0) is 14.9. The van der Waals surface area contributed by atoms with Crippen molar-refractivity contribution >= 4 is 80.0 Å². The van der Waals surface area contributed by atoms with Gasteiger partial charge in [-0.25, -0.2) is 0 Å². The fourth-order valence-electron chi connectivity index (χ4n) is 1.52. The average molecular weight is 534 g/mol. The molecule has 2 rings (SSSR count). The van der Waals surface area contributed by atoms with Gasteiger partial charge in [-0.1, -0.05) is 23.2 Å². The molecule has 0 fully saturated rings.